The van der Waals surface area contributed by atoms with Gasteiger partial charge in [0.05, 0.1) is 0 Å². The van der Waals surface area contributed by atoms with E-state index in [1.807, 2.05) is 0 Å². The molecule has 3 aromatic carbocycles. The topological polar surface area (TPSA) is 20.2 Å². The standard InChI is InChI=1S/C20H20AsO.BrH/c22-17-16-21(18-10-4-1-5-11-18,19-12-6-2-7-13-19)20-14-8-3-9-15-20;/h1-15,22H,16-17H2;1H/q+1;/p-1. The number of aliphatic hydroxyl groups excluding tert-OH is 1. The van der Waals surface area contributed by atoms with Gasteiger partial charge in [0.1, 0.15) is 0 Å². The van der Waals surface area contributed by atoms with E-state index in [9.17, 15) is 5.11 Å². The second kappa shape index (κ2) is 8.49. The van der Waals surface area contributed by atoms with Crippen molar-refractivity contribution in [3.8, 4) is 0 Å². The molecule has 0 aliphatic heterocycles. The summed E-state index contributed by atoms with van der Waals surface area (Å²) < 4.78 is 4.14. The van der Waals surface area contributed by atoms with Crippen LogP contribution in [0.4, 0.5) is 0 Å². The Kier molecular flexibility index (Phi) is 6.65. The van der Waals surface area contributed by atoms with Gasteiger partial charge >= 0.3 is 135 Å². The molecule has 0 saturated carbocycles. The van der Waals surface area contributed by atoms with Crippen molar-refractivity contribution in [3.63, 3.8) is 0 Å². The first-order chi connectivity index (χ1) is 10.9. The summed E-state index contributed by atoms with van der Waals surface area (Å²) >= 11 is -2.61. The van der Waals surface area contributed by atoms with Gasteiger partial charge in [-0.05, 0) is 0 Å². The second-order valence-electron chi connectivity index (χ2n) is 5.26. The molecule has 1 nitrogen and oxygen atoms in total. The average molecular weight is 431 g/mol. The molecule has 0 aliphatic carbocycles. The van der Waals surface area contributed by atoms with Gasteiger partial charge in [-0.15, -0.1) is 0 Å². The Labute approximate surface area is 151 Å². The number of hydrogen-bond acceptors (Lipinski definition) is 1. The number of benzene rings is 3. The van der Waals surface area contributed by atoms with E-state index in [4.69, 9.17) is 0 Å². The molecule has 3 rings (SSSR count). The molecular formula is C20H20AsBrO. The third-order valence-corrected chi connectivity index (χ3v) is 13.3. The van der Waals surface area contributed by atoms with Gasteiger partial charge in [-0.3, -0.25) is 0 Å². The van der Waals surface area contributed by atoms with Crippen LogP contribution in [0.25, 0.3) is 0 Å². The van der Waals surface area contributed by atoms with Crippen LogP contribution in [-0.4, -0.2) is 25.3 Å². The van der Waals surface area contributed by atoms with Gasteiger partial charge in [0.15, 0.2) is 0 Å². The molecule has 0 atom stereocenters. The molecule has 118 valence electrons. The number of aliphatic hydroxyl groups is 1. The molecule has 3 aromatic rings. The van der Waals surface area contributed by atoms with Crippen LogP contribution in [0.1, 0.15) is 0 Å². The summed E-state index contributed by atoms with van der Waals surface area (Å²) in [7, 11) is 0. The van der Waals surface area contributed by atoms with Gasteiger partial charge in [-0.2, -0.15) is 0 Å². The quantitative estimate of drug-likeness (QED) is 0.523. The Morgan fingerprint density at radius 3 is 1.13 bits per heavy atom. The second-order valence-corrected chi connectivity index (χ2v) is 12.9. The average Bonchev–Trinajstić information content (AvgIpc) is 2.62. The van der Waals surface area contributed by atoms with E-state index in [0.29, 0.717) is 0 Å². The van der Waals surface area contributed by atoms with Crippen molar-refractivity contribution in [1.82, 2.24) is 0 Å². The van der Waals surface area contributed by atoms with Crippen LogP contribution in [0.3, 0.4) is 0 Å². The summed E-state index contributed by atoms with van der Waals surface area (Å²) in [6.45, 7) is 0.214. The molecule has 23 heavy (non-hydrogen) atoms. The summed E-state index contributed by atoms with van der Waals surface area (Å²) in [5, 5.41) is 10.7. The van der Waals surface area contributed by atoms with Gasteiger partial charge in [0.2, 0.25) is 0 Å². The van der Waals surface area contributed by atoms with Crippen LogP contribution in [0, 0.1) is 0 Å². The van der Waals surface area contributed by atoms with E-state index in [1.54, 1.807) is 0 Å². The van der Waals surface area contributed by atoms with Crippen LogP contribution >= 0.6 is 0 Å². The molecular weight excluding hydrogens is 411 g/mol. The molecule has 0 saturated heterocycles. The molecule has 0 fully saturated rings. The van der Waals surface area contributed by atoms with Crippen LogP contribution in [0.2, 0.25) is 5.21 Å². The van der Waals surface area contributed by atoms with E-state index in [1.165, 1.54) is 13.1 Å². The Balaban J connectivity index is 0.00000192. The summed E-state index contributed by atoms with van der Waals surface area (Å²) in [6, 6.07) is 32.2. The fraction of sp³-hybridized carbons (Fsp3) is 0.100. The molecule has 3 heteroatoms. The van der Waals surface area contributed by atoms with Crippen LogP contribution in [0.5, 0.6) is 0 Å². The van der Waals surface area contributed by atoms with Crippen molar-refractivity contribution in [2.24, 2.45) is 0 Å². The first-order valence-corrected chi connectivity index (χ1v) is 11.7. The SMILES string of the molecule is OCC[As+](c1ccccc1)(c1ccccc1)c1ccccc1.[Br-]. The zero-order valence-electron chi connectivity index (χ0n) is 12.8. The van der Waals surface area contributed by atoms with Crippen LogP contribution in [-0.2, 0) is 0 Å². The van der Waals surface area contributed by atoms with E-state index < -0.39 is 13.6 Å². The molecule has 1 N–H and O–H groups in total. The van der Waals surface area contributed by atoms with Gasteiger partial charge < -0.3 is 17.0 Å². The van der Waals surface area contributed by atoms with Crippen molar-refractivity contribution >= 4 is 26.6 Å². The fourth-order valence-corrected chi connectivity index (χ4v) is 11.5. The molecule has 0 radical (unpaired) electrons. The molecule has 0 spiro atoms. The zero-order chi connectivity index (χ0) is 15.3. The van der Waals surface area contributed by atoms with E-state index in [2.05, 4.69) is 91.0 Å². The van der Waals surface area contributed by atoms with Gasteiger partial charge in [-0.1, -0.05) is 0 Å². The molecule has 0 aliphatic rings. The molecule has 0 heterocycles. The van der Waals surface area contributed by atoms with Crippen molar-refractivity contribution in [2.75, 3.05) is 6.61 Å². The summed E-state index contributed by atoms with van der Waals surface area (Å²) in [5.74, 6) is 0. The fourth-order valence-electron chi connectivity index (χ4n) is 3.03. The first-order valence-electron chi connectivity index (χ1n) is 7.54. The third kappa shape index (κ3) is 3.61. The van der Waals surface area contributed by atoms with Gasteiger partial charge in [0.25, 0.3) is 0 Å². The minimum Gasteiger partial charge on any atom is -1.00 e. The Bertz CT molecular complexity index is 605. The molecule has 0 bridgehead atoms. The van der Waals surface area contributed by atoms with E-state index in [-0.39, 0.29) is 23.6 Å². The van der Waals surface area contributed by atoms with Crippen LogP contribution < -0.4 is 30.0 Å². The largest absolute Gasteiger partial charge is 1.00 e. The first kappa shape index (κ1) is 18.0. The minimum absolute atomic E-state index is 0. The Morgan fingerprint density at radius 1 is 0.565 bits per heavy atom. The Morgan fingerprint density at radius 2 is 0.870 bits per heavy atom. The molecule has 0 amide bonds. The summed E-state index contributed by atoms with van der Waals surface area (Å²) in [6.07, 6.45) is 0. The van der Waals surface area contributed by atoms with Gasteiger partial charge in [0, 0.05) is 0 Å². The van der Waals surface area contributed by atoms with Crippen LogP contribution in [0.15, 0.2) is 91.0 Å². The molecule has 0 unspecified atom stereocenters. The predicted molar refractivity (Wildman–Crippen MR) is 95.9 cm³/mol. The number of halogens is 1. The van der Waals surface area contributed by atoms with Crippen molar-refractivity contribution in [1.29, 1.82) is 0 Å². The van der Waals surface area contributed by atoms with Gasteiger partial charge in [-0.25, -0.2) is 0 Å². The number of rotatable bonds is 5. The smallest absolute Gasteiger partial charge is 1.00 e. The van der Waals surface area contributed by atoms with E-state index >= 15 is 0 Å². The van der Waals surface area contributed by atoms with Crippen molar-refractivity contribution in [2.45, 2.75) is 5.21 Å². The zero-order valence-corrected chi connectivity index (χ0v) is 16.3. The van der Waals surface area contributed by atoms with Crippen molar-refractivity contribution < 1.29 is 22.1 Å². The normalized spacial score (nSPS) is 10.8. The minimum atomic E-state index is -2.61. The maximum Gasteiger partial charge on any atom is -1.00 e. The maximum atomic E-state index is 9.83. The number of hydrogen-bond donors (Lipinski definition) is 1. The Hall–Kier alpha value is -1.34. The third-order valence-electron chi connectivity index (χ3n) is 4.03. The van der Waals surface area contributed by atoms with E-state index in [0.717, 1.165) is 5.21 Å². The maximum absolute atomic E-state index is 9.83. The van der Waals surface area contributed by atoms with Crippen molar-refractivity contribution in [3.05, 3.63) is 91.0 Å². The monoisotopic (exact) mass is 430 g/mol. The predicted octanol–water partition coefficient (Wildman–Crippen LogP) is -0.847. The molecule has 0 aromatic heterocycles. The summed E-state index contributed by atoms with van der Waals surface area (Å²) in [4.78, 5) is 0. The summed E-state index contributed by atoms with van der Waals surface area (Å²) in [5.41, 5.74) is 0.